The Morgan fingerprint density at radius 3 is 2.62 bits per heavy atom. The summed E-state index contributed by atoms with van der Waals surface area (Å²) < 4.78 is 38.3. The van der Waals surface area contributed by atoms with Gasteiger partial charge in [0.25, 0.3) is 0 Å². The van der Waals surface area contributed by atoms with Crippen LogP contribution in [-0.2, 0) is 4.74 Å². The Morgan fingerprint density at radius 2 is 1.90 bits per heavy atom. The normalized spacial score (nSPS) is 14.0. The van der Waals surface area contributed by atoms with E-state index in [0.717, 1.165) is 25.0 Å². The highest BCUT2D eigenvalue weighted by Gasteiger charge is 2.16. The van der Waals surface area contributed by atoms with Crippen molar-refractivity contribution in [1.82, 2.24) is 15.0 Å². The van der Waals surface area contributed by atoms with Crippen LogP contribution < -0.4 is 15.0 Å². The van der Waals surface area contributed by atoms with Gasteiger partial charge in [0.15, 0.2) is 5.82 Å². The third-order valence-corrected chi connectivity index (χ3v) is 4.53. The van der Waals surface area contributed by atoms with E-state index in [9.17, 15) is 8.78 Å². The van der Waals surface area contributed by atoms with Gasteiger partial charge in [-0.1, -0.05) is 0 Å². The Hall–Kier alpha value is -3.33. The van der Waals surface area contributed by atoms with E-state index in [4.69, 9.17) is 9.47 Å². The van der Waals surface area contributed by atoms with Crippen molar-refractivity contribution in [3.05, 3.63) is 54.4 Å². The van der Waals surface area contributed by atoms with Crippen LogP contribution in [0.15, 0.2) is 42.7 Å². The molecule has 150 valence electrons. The van der Waals surface area contributed by atoms with E-state index >= 15 is 0 Å². The molecule has 1 fully saturated rings. The number of benzene rings is 1. The number of hydrogen-bond donors (Lipinski definition) is 1. The molecule has 0 unspecified atom stereocenters. The molecule has 0 radical (unpaired) electrons. The molecule has 9 heteroatoms. The molecule has 0 aliphatic carbocycles. The third kappa shape index (κ3) is 4.24. The quantitative estimate of drug-likeness (QED) is 0.705. The number of hydrogen-bond acceptors (Lipinski definition) is 7. The molecular formula is C20H19F2N5O2. The summed E-state index contributed by atoms with van der Waals surface area (Å²) in [6.45, 7) is 3.02. The van der Waals surface area contributed by atoms with Crippen molar-refractivity contribution in [3.8, 4) is 17.0 Å². The minimum atomic E-state index is -0.643. The Labute approximate surface area is 166 Å². The van der Waals surface area contributed by atoms with Crippen LogP contribution in [0.5, 0.6) is 5.75 Å². The van der Waals surface area contributed by atoms with Gasteiger partial charge in [-0.2, -0.15) is 0 Å². The molecule has 3 aromatic rings. The first-order valence-electron chi connectivity index (χ1n) is 9.06. The number of aromatic nitrogens is 3. The minimum absolute atomic E-state index is 0.00397. The first-order valence-corrected chi connectivity index (χ1v) is 9.06. The predicted octanol–water partition coefficient (Wildman–Crippen LogP) is 3.41. The molecule has 7 nitrogen and oxygen atoms in total. The molecule has 3 heterocycles. The number of morpholine rings is 1. The highest BCUT2D eigenvalue weighted by atomic mass is 19.1. The largest absolute Gasteiger partial charge is 0.496 e. The fourth-order valence-corrected chi connectivity index (χ4v) is 3.06. The minimum Gasteiger partial charge on any atom is -0.496 e. The standard InChI is InChI=1S/C20H19F2N5O2/c1-28-17-10-13(21)2-4-15(17)19-16(22)12-24-20(26-19)25-18-5-3-14(11-23-18)27-6-8-29-9-7-27/h2-5,10-12H,6-9H2,1H3,(H,23,24,25,26). The van der Waals surface area contributed by atoms with Crippen LogP contribution >= 0.6 is 0 Å². The van der Waals surface area contributed by atoms with E-state index in [0.29, 0.717) is 24.6 Å². The number of methoxy groups -OCH3 is 1. The SMILES string of the molecule is COc1cc(F)ccc1-c1nc(Nc2ccc(N3CCOCC3)cn2)ncc1F. The van der Waals surface area contributed by atoms with Crippen LogP contribution in [0.3, 0.4) is 0 Å². The van der Waals surface area contributed by atoms with Crippen molar-refractivity contribution >= 4 is 17.5 Å². The van der Waals surface area contributed by atoms with Crippen molar-refractivity contribution < 1.29 is 18.3 Å². The topological polar surface area (TPSA) is 72.4 Å². The van der Waals surface area contributed by atoms with Gasteiger partial charge in [-0.3, -0.25) is 0 Å². The number of pyridine rings is 1. The van der Waals surface area contributed by atoms with Crippen molar-refractivity contribution in [2.24, 2.45) is 0 Å². The van der Waals surface area contributed by atoms with Crippen LogP contribution in [-0.4, -0.2) is 48.4 Å². The Balaban J connectivity index is 1.56. The van der Waals surface area contributed by atoms with Crippen molar-refractivity contribution in [1.29, 1.82) is 0 Å². The number of halogens is 2. The van der Waals surface area contributed by atoms with Gasteiger partial charge in [0.1, 0.15) is 23.1 Å². The van der Waals surface area contributed by atoms with Crippen LogP contribution in [0.1, 0.15) is 0 Å². The molecule has 0 amide bonds. The zero-order valence-corrected chi connectivity index (χ0v) is 15.7. The third-order valence-electron chi connectivity index (χ3n) is 4.53. The van der Waals surface area contributed by atoms with Gasteiger partial charge in [-0.25, -0.2) is 23.7 Å². The highest BCUT2D eigenvalue weighted by Crippen LogP contribution is 2.31. The van der Waals surface area contributed by atoms with Gasteiger partial charge in [0, 0.05) is 24.7 Å². The van der Waals surface area contributed by atoms with Gasteiger partial charge in [-0.05, 0) is 24.3 Å². The first-order chi connectivity index (χ1) is 14.1. The van der Waals surface area contributed by atoms with Gasteiger partial charge in [0.2, 0.25) is 5.95 Å². The van der Waals surface area contributed by atoms with E-state index in [1.165, 1.54) is 25.3 Å². The molecule has 4 rings (SSSR count). The van der Waals surface area contributed by atoms with Gasteiger partial charge >= 0.3 is 0 Å². The average Bonchev–Trinajstić information content (AvgIpc) is 2.76. The first kappa shape index (κ1) is 19.0. The number of nitrogens with one attached hydrogen (secondary N) is 1. The molecule has 29 heavy (non-hydrogen) atoms. The number of rotatable bonds is 5. The second-order valence-corrected chi connectivity index (χ2v) is 6.36. The van der Waals surface area contributed by atoms with Gasteiger partial charge in [-0.15, -0.1) is 0 Å². The summed E-state index contributed by atoms with van der Waals surface area (Å²) in [7, 11) is 1.39. The molecular weight excluding hydrogens is 380 g/mol. The van der Waals surface area contributed by atoms with Crippen LogP contribution in [0, 0.1) is 11.6 Å². The highest BCUT2D eigenvalue weighted by molar-refractivity contribution is 5.69. The molecule has 1 N–H and O–H groups in total. The van der Waals surface area contributed by atoms with E-state index in [2.05, 4.69) is 25.2 Å². The second kappa shape index (κ2) is 8.36. The fourth-order valence-electron chi connectivity index (χ4n) is 3.06. The van der Waals surface area contributed by atoms with Gasteiger partial charge in [0.05, 0.1) is 38.4 Å². The smallest absolute Gasteiger partial charge is 0.229 e. The van der Waals surface area contributed by atoms with Crippen molar-refractivity contribution in [2.75, 3.05) is 43.6 Å². The summed E-state index contributed by atoms with van der Waals surface area (Å²) >= 11 is 0. The van der Waals surface area contributed by atoms with Crippen molar-refractivity contribution in [3.63, 3.8) is 0 Å². The van der Waals surface area contributed by atoms with E-state index in [-0.39, 0.29) is 17.4 Å². The predicted molar refractivity (Wildman–Crippen MR) is 104 cm³/mol. The average molecular weight is 399 g/mol. The zero-order valence-electron chi connectivity index (χ0n) is 15.7. The maximum atomic E-state index is 14.3. The molecule has 1 aliphatic heterocycles. The number of nitrogens with zero attached hydrogens (tertiary/aromatic N) is 4. The zero-order chi connectivity index (χ0) is 20.2. The lowest BCUT2D eigenvalue weighted by atomic mass is 10.1. The summed E-state index contributed by atoms with van der Waals surface area (Å²) in [6, 6.07) is 7.55. The summed E-state index contributed by atoms with van der Waals surface area (Å²) in [6.07, 6.45) is 2.80. The second-order valence-electron chi connectivity index (χ2n) is 6.36. The molecule has 0 atom stereocenters. The van der Waals surface area contributed by atoms with Crippen LogP contribution in [0.4, 0.5) is 26.2 Å². The van der Waals surface area contributed by atoms with E-state index < -0.39 is 11.6 Å². The lowest BCUT2D eigenvalue weighted by Gasteiger charge is -2.28. The molecule has 1 aromatic carbocycles. The van der Waals surface area contributed by atoms with Crippen molar-refractivity contribution in [2.45, 2.75) is 0 Å². The molecule has 1 aliphatic rings. The lowest BCUT2D eigenvalue weighted by molar-refractivity contribution is 0.122. The summed E-state index contributed by atoms with van der Waals surface area (Å²) in [4.78, 5) is 14.8. The summed E-state index contributed by atoms with van der Waals surface area (Å²) in [5.41, 5.74) is 1.33. The monoisotopic (exact) mass is 399 g/mol. The van der Waals surface area contributed by atoms with Gasteiger partial charge < -0.3 is 19.7 Å². The summed E-state index contributed by atoms with van der Waals surface area (Å²) in [5, 5.41) is 2.96. The Morgan fingerprint density at radius 1 is 1.07 bits per heavy atom. The lowest BCUT2D eigenvalue weighted by Crippen LogP contribution is -2.36. The Kier molecular flexibility index (Phi) is 5.48. The maximum Gasteiger partial charge on any atom is 0.229 e. The Bertz CT molecular complexity index is 995. The molecule has 0 spiro atoms. The molecule has 0 bridgehead atoms. The van der Waals surface area contributed by atoms with Crippen LogP contribution in [0.25, 0.3) is 11.3 Å². The van der Waals surface area contributed by atoms with E-state index in [1.807, 2.05) is 6.07 Å². The summed E-state index contributed by atoms with van der Waals surface area (Å²) in [5.74, 6) is -0.259. The molecule has 2 aromatic heterocycles. The molecule has 0 saturated carbocycles. The number of ether oxygens (including phenoxy) is 2. The van der Waals surface area contributed by atoms with E-state index in [1.54, 1.807) is 12.3 Å². The molecule has 1 saturated heterocycles. The maximum absolute atomic E-state index is 14.3. The van der Waals surface area contributed by atoms with Crippen LogP contribution in [0.2, 0.25) is 0 Å². The fraction of sp³-hybridized carbons (Fsp3) is 0.250. The number of anilines is 3.